The van der Waals surface area contributed by atoms with Gasteiger partial charge in [0, 0.05) is 12.1 Å². The van der Waals surface area contributed by atoms with Crippen molar-refractivity contribution < 1.29 is 33.0 Å². The molecule has 11 heteroatoms. The third kappa shape index (κ3) is 6.40. The van der Waals surface area contributed by atoms with Gasteiger partial charge in [-0.2, -0.15) is 0 Å². The van der Waals surface area contributed by atoms with Crippen LogP contribution in [0.25, 0.3) is 0 Å². The van der Waals surface area contributed by atoms with E-state index in [0.29, 0.717) is 11.4 Å². The molecular weight excluding hydrogens is 483 g/mol. The van der Waals surface area contributed by atoms with Crippen LogP contribution in [0.3, 0.4) is 0 Å². The number of nitrogens with one attached hydrogen (secondary N) is 4. The van der Waals surface area contributed by atoms with Gasteiger partial charge in [0.2, 0.25) is 5.91 Å². The maximum atomic E-state index is 13.2. The highest BCUT2D eigenvalue weighted by molar-refractivity contribution is 6.11. The van der Waals surface area contributed by atoms with Gasteiger partial charge in [0.25, 0.3) is 5.91 Å². The summed E-state index contributed by atoms with van der Waals surface area (Å²) in [4.78, 5) is 49.9. The Hall–Kier alpha value is -4.93. The smallest absolute Gasteiger partial charge is 0.323 e. The third-order valence-electron chi connectivity index (χ3n) is 5.43. The maximum absolute atomic E-state index is 13.2. The van der Waals surface area contributed by atoms with Gasteiger partial charge in [0.15, 0.2) is 5.75 Å². The highest BCUT2D eigenvalue weighted by atomic mass is 19.1. The Balaban J connectivity index is 1.63. The van der Waals surface area contributed by atoms with Crippen LogP contribution in [0.1, 0.15) is 23.2 Å². The van der Waals surface area contributed by atoms with Crippen molar-refractivity contribution in [3.63, 3.8) is 0 Å². The number of para-hydroxylation sites is 1. The van der Waals surface area contributed by atoms with Crippen molar-refractivity contribution in [2.75, 3.05) is 23.1 Å². The second-order valence-electron chi connectivity index (χ2n) is 8.03. The number of carbonyl (C=O) groups excluding carboxylic acids is 4. The summed E-state index contributed by atoms with van der Waals surface area (Å²) in [6.07, 6.45) is -0.0271. The molecule has 0 radical (unpaired) electrons. The zero-order valence-corrected chi connectivity index (χ0v) is 19.7. The molecule has 0 spiro atoms. The molecule has 0 unspecified atom stereocenters. The van der Waals surface area contributed by atoms with Crippen LogP contribution in [0.2, 0.25) is 0 Å². The first-order valence-corrected chi connectivity index (χ1v) is 11.3. The number of rotatable bonds is 7. The minimum absolute atomic E-state index is 0.0385. The van der Waals surface area contributed by atoms with Gasteiger partial charge >= 0.3 is 12.0 Å². The molecule has 0 bridgehead atoms. The van der Waals surface area contributed by atoms with E-state index in [1.54, 1.807) is 30.3 Å². The number of urea groups is 1. The molecule has 1 heterocycles. The lowest BCUT2D eigenvalue weighted by atomic mass is 10.1. The molecule has 4 amide bonds. The van der Waals surface area contributed by atoms with Crippen LogP contribution in [-0.2, 0) is 14.3 Å². The molecule has 3 aromatic carbocycles. The highest BCUT2D eigenvalue weighted by Crippen LogP contribution is 2.36. The summed E-state index contributed by atoms with van der Waals surface area (Å²) >= 11 is 0. The fourth-order valence-electron chi connectivity index (χ4n) is 3.58. The van der Waals surface area contributed by atoms with Gasteiger partial charge in [0.05, 0.1) is 24.0 Å². The van der Waals surface area contributed by atoms with E-state index in [2.05, 4.69) is 26.0 Å². The van der Waals surface area contributed by atoms with Crippen LogP contribution >= 0.6 is 0 Å². The molecule has 190 valence electrons. The number of amides is 4. The van der Waals surface area contributed by atoms with Crippen molar-refractivity contribution in [2.45, 2.75) is 18.9 Å². The highest BCUT2D eigenvalue weighted by Gasteiger charge is 2.30. The molecule has 1 aliphatic heterocycles. The Labute approximate surface area is 211 Å². The van der Waals surface area contributed by atoms with Crippen molar-refractivity contribution >= 4 is 40.9 Å². The Morgan fingerprint density at radius 3 is 2.43 bits per heavy atom. The van der Waals surface area contributed by atoms with E-state index in [0.717, 1.165) is 0 Å². The summed E-state index contributed by atoms with van der Waals surface area (Å²) in [7, 11) is 1.24. The molecule has 0 aliphatic carbocycles. The summed E-state index contributed by atoms with van der Waals surface area (Å²) < 4.78 is 23.7. The Bertz CT molecular complexity index is 1330. The van der Waals surface area contributed by atoms with E-state index in [9.17, 15) is 23.6 Å². The SMILES string of the molecule is COC(=O)CC[C@H]1NC(=O)c2cc(Oc3ccccc3)c(NC(=O)Nc3ccc(F)cc3)cc2NC1=O. The van der Waals surface area contributed by atoms with Gasteiger partial charge < -0.3 is 30.7 Å². The molecule has 0 aromatic heterocycles. The van der Waals surface area contributed by atoms with Crippen molar-refractivity contribution in [3.05, 3.63) is 78.1 Å². The van der Waals surface area contributed by atoms with Crippen LogP contribution < -0.4 is 26.0 Å². The molecule has 0 saturated heterocycles. The van der Waals surface area contributed by atoms with Gasteiger partial charge in [-0.25, -0.2) is 9.18 Å². The summed E-state index contributed by atoms with van der Waals surface area (Å²) in [5.74, 6) is -1.48. The van der Waals surface area contributed by atoms with Gasteiger partial charge in [-0.05, 0) is 55.0 Å². The van der Waals surface area contributed by atoms with Crippen LogP contribution in [0, 0.1) is 5.82 Å². The number of methoxy groups -OCH3 is 1. The van der Waals surface area contributed by atoms with Crippen molar-refractivity contribution in [1.29, 1.82) is 0 Å². The zero-order chi connectivity index (χ0) is 26.4. The molecule has 4 rings (SSSR count). The summed E-state index contributed by atoms with van der Waals surface area (Å²) in [6, 6.07) is 15.1. The second-order valence-corrected chi connectivity index (χ2v) is 8.03. The van der Waals surface area contributed by atoms with Gasteiger partial charge in [0.1, 0.15) is 17.6 Å². The molecule has 4 N–H and O–H groups in total. The maximum Gasteiger partial charge on any atom is 0.323 e. The van der Waals surface area contributed by atoms with Crippen molar-refractivity contribution in [2.24, 2.45) is 0 Å². The van der Waals surface area contributed by atoms with Crippen LogP contribution in [0.4, 0.5) is 26.2 Å². The van der Waals surface area contributed by atoms with E-state index in [-0.39, 0.29) is 35.5 Å². The molecule has 37 heavy (non-hydrogen) atoms. The number of hydrogen-bond acceptors (Lipinski definition) is 6. The average Bonchev–Trinajstić information content (AvgIpc) is 3.00. The van der Waals surface area contributed by atoms with Crippen LogP contribution in [0.15, 0.2) is 66.7 Å². The molecular formula is C26H23FN4O6. The summed E-state index contributed by atoms with van der Waals surface area (Å²) in [5.41, 5.74) is 0.744. The quantitative estimate of drug-likeness (QED) is 0.354. The molecule has 0 saturated carbocycles. The molecule has 0 fully saturated rings. The first-order chi connectivity index (χ1) is 17.8. The molecule has 10 nitrogen and oxygen atoms in total. The summed E-state index contributed by atoms with van der Waals surface area (Å²) in [5, 5.41) is 10.5. The number of anilines is 3. The van der Waals surface area contributed by atoms with E-state index in [1.165, 1.54) is 43.5 Å². The number of hydrogen-bond donors (Lipinski definition) is 4. The van der Waals surface area contributed by atoms with Crippen LogP contribution in [-0.4, -0.2) is 37.0 Å². The van der Waals surface area contributed by atoms with Crippen LogP contribution in [0.5, 0.6) is 11.5 Å². The first-order valence-electron chi connectivity index (χ1n) is 11.3. The minimum atomic E-state index is -0.976. The number of ether oxygens (including phenoxy) is 2. The predicted octanol–water partition coefficient (Wildman–Crippen LogP) is 4.27. The van der Waals surface area contributed by atoms with E-state index >= 15 is 0 Å². The standard InChI is InChI=1S/C26H23FN4O6/c1-36-23(32)12-11-19-25(34)30-20-14-21(31-26(35)28-16-9-7-15(27)8-10-16)22(13-18(20)24(33)29-19)37-17-5-3-2-4-6-17/h2-10,13-14,19H,11-12H2,1H3,(H,29,33)(H,30,34)(H2,28,31,35)/t19-/m1/s1. The number of benzene rings is 3. The van der Waals surface area contributed by atoms with Gasteiger partial charge in [-0.15, -0.1) is 0 Å². The number of fused-ring (bicyclic) bond motifs is 1. The van der Waals surface area contributed by atoms with Gasteiger partial charge in [-0.1, -0.05) is 18.2 Å². The van der Waals surface area contributed by atoms with E-state index < -0.39 is 35.7 Å². The number of carbonyl (C=O) groups is 4. The lowest BCUT2D eigenvalue weighted by Crippen LogP contribution is -2.41. The third-order valence-corrected chi connectivity index (χ3v) is 5.43. The predicted molar refractivity (Wildman–Crippen MR) is 133 cm³/mol. The second kappa shape index (κ2) is 11.2. The topological polar surface area (TPSA) is 135 Å². The first kappa shape index (κ1) is 25.2. The summed E-state index contributed by atoms with van der Waals surface area (Å²) in [6.45, 7) is 0. The lowest BCUT2D eigenvalue weighted by molar-refractivity contribution is -0.140. The minimum Gasteiger partial charge on any atom is -0.469 e. The van der Waals surface area contributed by atoms with Crippen molar-refractivity contribution in [3.8, 4) is 11.5 Å². The Kier molecular flexibility index (Phi) is 7.62. The van der Waals surface area contributed by atoms with Gasteiger partial charge in [-0.3, -0.25) is 14.4 Å². The number of esters is 1. The normalized spacial score (nSPS) is 14.4. The van der Waals surface area contributed by atoms with E-state index in [4.69, 9.17) is 4.74 Å². The molecule has 1 atom stereocenters. The average molecular weight is 506 g/mol. The Morgan fingerprint density at radius 2 is 1.73 bits per heavy atom. The fourth-order valence-corrected chi connectivity index (χ4v) is 3.58. The van der Waals surface area contributed by atoms with Crippen molar-refractivity contribution in [1.82, 2.24) is 5.32 Å². The Morgan fingerprint density at radius 1 is 1.00 bits per heavy atom. The number of halogens is 1. The zero-order valence-electron chi connectivity index (χ0n) is 19.7. The monoisotopic (exact) mass is 506 g/mol. The molecule has 3 aromatic rings. The lowest BCUT2D eigenvalue weighted by Gasteiger charge is -2.16. The van der Waals surface area contributed by atoms with E-state index in [1.807, 2.05) is 0 Å². The fraction of sp³-hybridized carbons (Fsp3) is 0.154. The largest absolute Gasteiger partial charge is 0.469 e. The molecule has 1 aliphatic rings.